The Morgan fingerprint density at radius 1 is 1.36 bits per heavy atom. The highest BCUT2D eigenvalue weighted by Gasteiger charge is 1.97. The second-order valence-electron chi connectivity index (χ2n) is 3.59. The average molecular weight is 195 g/mol. The first-order valence-electron chi connectivity index (χ1n) is 5.58. The Bertz CT molecular complexity index is 242. The molecular weight excluding hydrogens is 174 g/mol. The number of unbranched alkanes of at least 4 members (excludes halogenated alkanes) is 2. The summed E-state index contributed by atoms with van der Waals surface area (Å²) in [4.78, 5) is 4.33. The zero-order chi connectivity index (χ0) is 10.2. The van der Waals surface area contributed by atoms with Gasteiger partial charge < -0.3 is 9.88 Å². The maximum absolute atomic E-state index is 4.33. The van der Waals surface area contributed by atoms with Crippen LogP contribution >= 0.6 is 0 Å². The number of nitrogens with one attached hydrogen (secondary N) is 1. The fourth-order valence-corrected chi connectivity index (χ4v) is 1.42. The summed E-state index contributed by atoms with van der Waals surface area (Å²) >= 11 is 0. The Hall–Kier alpha value is -0.830. The van der Waals surface area contributed by atoms with E-state index in [0.717, 1.165) is 25.3 Å². The zero-order valence-electron chi connectivity index (χ0n) is 9.29. The first kappa shape index (κ1) is 11.2. The predicted molar refractivity (Wildman–Crippen MR) is 59.1 cm³/mol. The van der Waals surface area contributed by atoms with E-state index < -0.39 is 0 Å². The minimum atomic E-state index is 0.886. The lowest BCUT2D eigenvalue weighted by molar-refractivity contribution is 0.601. The lowest BCUT2D eigenvalue weighted by Gasteiger charge is -1.99. The molecule has 0 spiro atoms. The molecular formula is C11H21N3. The molecule has 14 heavy (non-hydrogen) atoms. The van der Waals surface area contributed by atoms with Gasteiger partial charge in [-0.05, 0) is 13.0 Å². The van der Waals surface area contributed by atoms with Crippen LogP contribution in [0, 0.1) is 0 Å². The van der Waals surface area contributed by atoms with Gasteiger partial charge >= 0.3 is 0 Å². The molecule has 0 atom stereocenters. The van der Waals surface area contributed by atoms with Gasteiger partial charge in [0.25, 0.3) is 0 Å². The number of hydrogen-bond acceptors (Lipinski definition) is 2. The van der Waals surface area contributed by atoms with Gasteiger partial charge in [0.05, 0.1) is 12.0 Å². The van der Waals surface area contributed by atoms with Crippen LogP contribution < -0.4 is 5.32 Å². The molecule has 1 N–H and O–H groups in total. The molecule has 0 aromatic carbocycles. The van der Waals surface area contributed by atoms with E-state index in [1.54, 1.807) is 0 Å². The number of hydrogen-bond donors (Lipinski definition) is 1. The van der Waals surface area contributed by atoms with E-state index in [2.05, 4.69) is 34.9 Å². The van der Waals surface area contributed by atoms with Crippen molar-refractivity contribution < 1.29 is 0 Å². The minimum Gasteiger partial charge on any atom is -0.337 e. The molecule has 80 valence electrons. The van der Waals surface area contributed by atoms with Gasteiger partial charge in [0, 0.05) is 19.3 Å². The molecule has 1 aromatic rings. The summed E-state index contributed by atoms with van der Waals surface area (Å²) in [6.45, 7) is 7.33. The number of rotatable bonds is 7. The highest BCUT2D eigenvalue weighted by Crippen LogP contribution is 2.00. The maximum Gasteiger partial charge on any atom is 0.0949 e. The predicted octanol–water partition coefficient (Wildman–Crippen LogP) is 2.18. The van der Waals surface area contributed by atoms with Gasteiger partial charge in [-0.3, -0.25) is 0 Å². The maximum atomic E-state index is 4.33. The van der Waals surface area contributed by atoms with Gasteiger partial charge in [-0.25, -0.2) is 4.98 Å². The molecule has 1 heterocycles. The molecule has 0 saturated heterocycles. The van der Waals surface area contributed by atoms with Crippen LogP contribution in [0.15, 0.2) is 12.5 Å². The lowest BCUT2D eigenvalue weighted by Crippen LogP contribution is -2.11. The van der Waals surface area contributed by atoms with Crippen LogP contribution in [0.1, 0.15) is 38.8 Å². The van der Waals surface area contributed by atoms with E-state index in [0.29, 0.717) is 0 Å². The normalized spacial score (nSPS) is 10.7. The van der Waals surface area contributed by atoms with Crippen molar-refractivity contribution in [3.05, 3.63) is 18.2 Å². The van der Waals surface area contributed by atoms with Gasteiger partial charge in [-0.15, -0.1) is 0 Å². The zero-order valence-corrected chi connectivity index (χ0v) is 9.29. The lowest BCUT2D eigenvalue weighted by atomic mass is 10.2. The standard InChI is InChI=1S/C11H21N3/c1-3-5-6-7-14-9-11(13-10-14)8-12-4-2/h9-10,12H,3-8H2,1-2H3. The van der Waals surface area contributed by atoms with Crippen LogP contribution in [0.4, 0.5) is 0 Å². The van der Waals surface area contributed by atoms with E-state index in [1.165, 1.54) is 19.3 Å². The van der Waals surface area contributed by atoms with Crippen LogP contribution in [0.5, 0.6) is 0 Å². The van der Waals surface area contributed by atoms with Crippen LogP contribution in [-0.2, 0) is 13.1 Å². The van der Waals surface area contributed by atoms with E-state index in [4.69, 9.17) is 0 Å². The average Bonchev–Trinajstić information content (AvgIpc) is 2.63. The van der Waals surface area contributed by atoms with Crippen LogP contribution in [0.2, 0.25) is 0 Å². The first-order chi connectivity index (χ1) is 6.86. The Morgan fingerprint density at radius 3 is 2.93 bits per heavy atom. The summed E-state index contributed by atoms with van der Waals surface area (Å²) < 4.78 is 2.18. The molecule has 3 nitrogen and oxygen atoms in total. The second-order valence-corrected chi connectivity index (χ2v) is 3.59. The summed E-state index contributed by atoms with van der Waals surface area (Å²) in [5, 5.41) is 3.27. The first-order valence-corrected chi connectivity index (χ1v) is 5.58. The number of aryl methyl sites for hydroxylation is 1. The van der Waals surface area contributed by atoms with Crippen LogP contribution in [0.25, 0.3) is 0 Å². The monoisotopic (exact) mass is 195 g/mol. The van der Waals surface area contributed by atoms with Crippen molar-refractivity contribution in [2.75, 3.05) is 6.54 Å². The van der Waals surface area contributed by atoms with Crippen molar-refractivity contribution in [2.45, 2.75) is 46.2 Å². The molecule has 3 heteroatoms. The van der Waals surface area contributed by atoms with Crippen molar-refractivity contribution in [1.82, 2.24) is 14.9 Å². The van der Waals surface area contributed by atoms with Crippen molar-refractivity contribution in [2.24, 2.45) is 0 Å². The highest BCUT2D eigenvalue weighted by atomic mass is 15.0. The SMILES string of the molecule is CCCCCn1cnc(CNCC)c1. The van der Waals surface area contributed by atoms with Gasteiger partial charge in [-0.1, -0.05) is 26.7 Å². The van der Waals surface area contributed by atoms with Crippen LogP contribution in [0.3, 0.4) is 0 Å². The molecule has 0 aliphatic carbocycles. The van der Waals surface area contributed by atoms with Gasteiger partial charge in [0.2, 0.25) is 0 Å². The smallest absolute Gasteiger partial charge is 0.0949 e. The second kappa shape index (κ2) is 6.60. The van der Waals surface area contributed by atoms with Crippen LogP contribution in [-0.4, -0.2) is 16.1 Å². The Balaban J connectivity index is 2.27. The quantitative estimate of drug-likeness (QED) is 0.676. The number of aromatic nitrogens is 2. The number of imidazole rings is 1. The number of nitrogens with zero attached hydrogens (tertiary/aromatic N) is 2. The third-order valence-electron chi connectivity index (χ3n) is 2.26. The molecule has 0 fully saturated rings. The highest BCUT2D eigenvalue weighted by molar-refractivity contribution is 4.95. The summed E-state index contributed by atoms with van der Waals surface area (Å²) in [6, 6.07) is 0. The molecule has 1 rings (SSSR count). The van der Waals surface area contributed by atoms with E-state index in [1.807, 2.05) is 6.33 Å². The molecule has 0 saturated carbocycles. The van der Waals surface area contributed by atoms with E-state index >= 15 is 0 Å². The largest absolute Gasteiger partial charge is 0.337 e. The fraction of sp³-hybridized carbons (Fsp3) is 0.727. The van der Waals surface area contributed by atoms with Crippen molar-refractivity contribution in [3.8, 4) is 0 Å². The molecule has 1 aromatic heterocycles. The Labute approximate surface area is 86.5 Å². The van der Waals surface area contributed by atoms with Crippen molar-refractivity contribution in [1.29, 1.82) is 0 Å². The third kappa shape index (κ3) is 3.92. The molecule has 0 unspecified atom stereocenters. The summed E-state index contributed by atoms with van der Waals surface area (Å²) in [7, 11) is 0. The van der Waals surface area contributed by atoms with Crippen molar-refractivity contribution in [3.63, 3.8) is 0 Å². The Kier molecular flexibility index (Phi) is 5.30. The fourth-order valence-electron chi connectivity index (χ4n) is 1.42. The third-order valence-corrected chi connectivity index (χ3v) is 2.26. The summed E-state index contributed by atoms with van der Waals surface area (Å²) in [6.07, 6.45) is 7.91. The van der Waals surface area contributed by atoms with Crippen molar-refractivity contribution >= 4 is 0 Å². The summed E-state index contributed by atoms with van der Waals surface area (Å²) in [5.74, 6) is 0. The van der Waals surface area contributed by atoms with E-state index in [-0.39, 0.29) is 0 Å². The minimum absolute atomic E-state index is 0.886. The van der Waals surface area contributed by atoms with Gasteiger partial charge in [0.15, 0.2) is 0 Å². The molecule has 0 amide bonds. The topological polar surface area (TPSA) is 29.9 Å². The molecule has 0 radical (unpaired) electrons. The summed E-state index contributed by atoms with van der Waals surface area (Å²) in [5.41, 5.74) is 1.14. The van der Waals surface area contributed by atoms with E-state index in [9.17, 15) is 0 Å². The Morgan fingerprint density at radius 2 is 2.21 bits per heavy atom. The molecule has 0 aliphatic rings. The van der Waals surface area contributed by atoms with Gasteiger partial charge in [0.1, 0.15) is 0 Å². The molecule has 0 bridgehead atoms. The van der Waals surface area contributed by atoms with Gasteiger partial charge in [-0.2, -0.15) is 0 Å². The molecule has 0 aliphatic heterocycles.